The molecule has 0 saturated heterocycles. The first-order chi connectivity index (χ1) is 7.79. The third-order valence-electron chi connectivity index (χ3n) is 2.08. The monoisotopic (exact) mass is 279 g/mol. The number of nitrogens with one attached hydrogen (secondary N) is 1. The van der Waals surface area contributed by atoms with Gasteiger partial charge >= 0.3 is 0 Å². The summed E-state index contributed by atoms with van der Waals surface area (Å²) in [6, 6.07) is 10.9. The van der Waals surface area contributed by atoms with Crippen LogP contribution < -0.4 is 5.32 Å². The molecule has 0 spiro atoms. The van der Waals surface area contributed by atoms with Gasteiger partial charge in [0.1, 0.15) is 0 Å². The van der Waals surface area contributed by atoms with E-state index in [1.165, 1.54) is 6.26 Å². The quantitative estimate of drug-likeness (QED) is 0.875. The molecule has 1 amide bonds. The predicted octanol–water partition coefficient (Wildman–Crippen LogP) is 3.43. The number of alkyl halides is 1. The van der Waals surface area contributed by atoms with Crippen molar-refractivity contribution in [2.45, 2.75) is 5.33 Å². The van der Waals surface area contributed by atoms with Crippen LogP contribution in [0.3, 0.4) is 0 Å². The second kappa shape index (κ2) is 4.99. The van der Waals surface area contributed by atoms with Crippen LogP contribution in [-0.2, 0) is 5.33 Å². The molecule has 0 aliphatic heterocycles. The highest BCUT2D eigenvalue weighted by atomic mass is 79.9. The molecule has 1 N–H and O–H groups in total. The van der Waals surface area contributed by atoms with Gasteiger partial charge in [-0.15, -0.1) is 0 Å². The van der Waals surface area contributed by atoms with Gasteiger partial charge in [-0.25, -0.2) is 0 Å². The van der Waals surface area contributed by atoms with Crippen LogP contribution >= 0.6 is 15.9 Å². The van der Waals surface area contributed by atoms with Crippen molar-refractivity contribution in [2.75, 3.05) is 5.32 Å². The van der Waals surface area contributed by atoms with Crippen LogP contribution in [0.25, 0.3) is 0 Å². The van der Waals surface area contributed by atoms with Crippen LogP contribution in [0.4, 0.5) is 5.69 Å². The average molecular weight is 280 g/mol. The number of furan rings is 1. The highest BCUT2D eigenvalue weighted by Gasteiger charge is 2.08. The summed E-state index contributed by atoms with van der Waals surface area (Å²) in [4.78, 5) is 11.7. The van der Waals surface area contributed by atoms with E-state index in [2.05, 4.69) is 21.2 Å². The zero-order valence-corrected chi connectivity index (χ0v) is 10.0. The number of carbonyl (C=O) groups is 1. The lowest BCUT2D eigenvalue weighted by atomic mass is 10.2. The van der Waals surface area contributed by atoms with Crippen LogP contribution in [0, 0.1) is 0 Å². The average Bonchev–Trinajstić information content (AvgIpc) is 2.83. The van der Waals surface area contributed by atoms with Crippen molar-refractivity contribution in [3.63, 3.8) is 0 Å². The van der Waals surface area contributed by atoms with Crippen LogP contribution in [0.15, 0.2) is 47.1 Å². The molecule has 0 aliphatic carbocycles. The van der Waals surface area contributed by atoms with Gasteiger partial charge in [0, 0.05) is 11.0 Å². The first kappa shape index (κ1) is 11.0. The normalized spacial score (nSPS) is 10.1. The van der Waals surface area contributed by atoms with Crippen molar-refractivity contribution in [1.82, 2.24) is 0 Å². The van der Waals surface area contributed by atoms with E-state index in [4.69, 9.17) is 4.42 Å². The second-order valence-electron chi connectivity index (χ2n) is 3.27. The lowest BCUT2D eigenvalue weighted by Gasteiger charge is -2.04. The minimum Gasteiger partial charge on any atom is -0.459 e. The molecule has 0 unspecified atom stereocenters. The Morgan fingerprint density at radius 3 is 2.88 bits per heavy atom. The van der Waals surface area contributed by atoms with Gasteiger partial charge in [-0.3, -0.25) is 4.79 Å². The molecule has 2 aromatic rings. The first-order valence-corrected chi connectivity index (χ1v) is 5.91. The van der Waals surface area contributed by atoms with E-state index in [9.17, 15) is 4.79 Å². The highest BCUT2D eigenvalue weighted by molar-refractivity contribution is 9.08. The Morgan fingerprint density at radius 2 is 2.19 bits per heavy atom. The molecule has 3 nitrogen and oxygen atoms in total. The molecule has 0 bridgehead atoms. The molecule has 82 valence electrons. The molecule has 0 aliphatic rings. The van der Waals surface area contributed by atoms with Crippen LogP contribution in [0.5, 0.6) is 0 Å². The first-order valence-electron chi connectivity index (χ1n) is 4.79. The minimum absolute atomic E-state index is 0.239. The van der Waals surface area contributed by atoms with Gasteiger partial charge in [0.2, 0.25) is 0 Å². The highest BCUT2D eigenvalue weighted by Crippen LogP contribution is 2.14. The fourth-order valence-electron chi connectivity index (χ4n) is 1.33. The molecule has 1 heterocycles. The summed E-state index contributed by atoms with van der Waals surface area (Å²) in [5.41, 5.74) is 1.87. The number of anilines is 1. The number of carbonyl (C=O) groups excluding carboxylic acids is 1. The van der Waals surface area contributed by atoms with Gasteiger partial charge in [0.15, 0.2) is 5.76 Å². The molecule has 4 heteroatoms. The minimum atomic E-state index is -0.239. The van der Waals surface area contributed by atoms with Crippen molar-refractivity contribution in [3.8, 4) is 0 Å². The lowest BCUT2D eigenvalue weighted by Crippen LogP contribution is -2.10. The summed E-state index contributed by atoms with van der Waals surface area (Å²) < 4.78 is 5.00. The Balaban J connectivity index is 2.12. The van der Waals surface area contributed by atoms with Gasteiger partial charge in [-0.1, -0.05) is 28.1 Å². The van der Waals surface area contributed by atoms with Gasteiger partial charge < -0.3 is 9.73 Å². The molecule has 1 aromatic carbocycles. The van der Waals surface area contributed by atoms with Crippen molar-refractivity contribution < 1.29 is 9.21 Å². The Hall–Kier alpha value is -1.55. The van der Waals surface area contributed by atoms with E-state index in [0.29, 0.717) is 5.76 Å². The molecular formula is C12H10BrNO2. The van der Waals surface area contributed by atoms with Gasteiger partial charge in [0.05, 0.1) is 6.26 Å². The molecular weight excluding hydrogens is 270 g/mol. The van der Waals surface area contributed by atoms with Crippen molar-refractivity contribution in [1.29, 1.82) is 0 Å². The number of halogens is 1. The fraction of sp³-hybridized carbons (Fsp3) is 0.0833. The molecule has 0 atom stereocenters. The summed E-state index contributed by atoms with van der Waals surface area (Å²) in [6.07, 6.45) is 1.48. The molecule has 0 radical (unpaired) electrons. The smallest absolute Gasteiger partial charge is 0.291 e. The topological polar surface area (TPSA) is 42.2 Å². The van der Waals surface area contributed by atoms with Crippen molar-refractivity contribution in [3.05, 3.63) is 54.0 Å². The molecule has 0 saturated carbocycles. The summed E-state index contributed by atoms with van der Waals surface area (Å²) >= 11 is 3.37. The van der Waals surface area contributed by atoms with Crippen LogP contribution in [0.2, 0.25) is 0 Å². The largest absolute Gasteiger partial charge is 0.459 e. The van der Waals surface area contributed by atoms with Gasteiger partial charge in [-0.2, -0.15) is 0 Å². The number of hydrogen-bond acceptors (Lipinski definition) is 2. The number of benzene rings is 1. The summed E-state index contributed by atoms with van der Waals surface area (Å²) in [7, 11) is 0. The van der Waals surface area contributed by atoms with Gasteiger partial charge in [-0.05, 0) is 29.8 Å². The number of rotatable bonds is 3. The predicted molar refractivity (Wildman–Crippen MR) is 65.7 cm³/mol. The van der Waals surface area contributed by atoms with E-state index in [1.54, 1.807) is 12.1 Å². The maximum absolute atomic E-state index is 11.7. The van der Waals surface area contributed by atoms with Crippen molar-refractivity contribution >= 4 is 27.5 Å². The Kier molecular flexibility index (Phi) is 3.41. The summed E-state index contributed by atoms with van der Waals surface area (Å²) in [6.45, 7) is 0. The molecule has 16 heavy (non-hydrogen) atoms. The number of hydrogen-bond donors (Lipinski definition) is 1. The van der Waals surface area contributed by atoms with Crippen LogP contribution in [-0.4, -0.2) is 5.91 Å². The SMILES string of the molecule is O=C(Nc1cccc(CBr)c1)c1ccco1. The zero-order valence-electron chi connectivity index (χ0n) is 8.44. The summed E-state index contributed by atoms with van der Waals surface area (Å²) in [5.74, 6) is 0.0703. The molecule has 0 fully saturated rings. The maximum atomic E-state index is 11.7. The third-order valence-corrected chi connectivity index (χ3v) is 2.73. The number of amides is 1. The van der Waals surface area contributed by atoms with Gasteiger partial charge in [0.25, 0.3) is 5.91 Å². The van der Waals surface area contributed by atoms with Crippen molar-refractivity contribution in [2.24, 2.45) is 0 Å². The molecule has 2 rings (SSSR count). The summed E-state index contributed by atoms with van der Waals surface area (Å²) in [5, 5.41) is 3.53. The fourth-order valence-corrected chi connectivity index (χ4v) is 1.68. The third kappa shape index (κ3) is 2.52. The Labute approximate surface area is 102 Å². The van der Waals surface area contributed by atoms with E-state index in [-0.39, 0.29) is 5.91 Å². The van der Waals surface area contributed by atoms with Crippen LogP contribution in [0.1, 0.15) is 16.1 Å². The Bertz CT molecular complexity index is 480. The van der Waals surface area contributed by atoms with E-state index < -0.39 is 0 Å². The zero-order chi connectivity index (χ0) is 11.4. The standard InChI is InChI=1S/C12H10BrNO2/c13-8-9-3-1-4-10(7-9)14-12(15)11-5-2-6-16-11/h1-7H,8H2,(H,14,15). The Morgan fingerprint density at radius 1 is 1.31 bits per heavy atom. The van der Waals surface area contributed by atoms with E-state index >= 15 is 0 Å². The lowest BCUT2D eigenvalue weighted by molar-refractivity contribution is 0.0996. The van der Waals surface area contributed by atoms with E-state index in [0.717, 1.165) is 16.6 Å². The van der Waals surface area contributed by atoms with E-state index in [1.807, 2.05) is 24.3 Å². The maximum Gasteiger partial charge on any atom is 0.291 e. The second-order valence-corrected chi connectivity index (χ2v) is 3.83. The molecule has 1 aromatic heterocycles.